The minimum Gasteiger partial charge on any atom is -0.478 e. The average molecular weight is 306 g/mol. The maximum absolute atomic E-state index is 11.2. The first-order valence-corrected chi connectivity index (χ1v) is 7.87. The Morgan fingerprint density at radius 3 is 2.50 bits per heavy atom. The second kappa shape index (κ2) is 6.01. The summed E-state index contributed by atoms with van der Waals surface area (Å²) < 4.78 is 0. The van der Waals surface area contributed by atoms with Crippen molar-refractivity contribution < 1.29 is 20.1 Å². The predicted molar refractivity (Wildman–Crippen MR) is 85.2 cm³/mol. The van der Waals surface area contributed by atoms with Crippen LogP contribution in [0.1, 0.15) is 33.6 Å². The second-order valence-electron chi connectivity index (χ2n) is 7.19. The molecular formula is C18H26O4. The van der Waals surface area contributed by atoms with Gasteiger partial charge in [0.2, 0.25) is 0 Å². The van der Waals surface area contributed by atoms with Gasteiger partial charge in [0, 0.05) is 17.9 Å². The highest BCUT2D eigenvalue weighted by Crippen LogP contribution is 2.51. The Bertz CT molecular complexity index is 517. The number of aliphatic hydroxyl groups is 2. The van der Waals surface area contributed by atoms with Crippen LogP contribution in [0.25, 0.3) is 0 Å². The van der Waals surface area contributed by atoms with Crippen molar-refractivity contribution in [3.8, 4) is 0 Å². The molecule has 2 aliphatic rings. The molecule has 1 fully saturated rings. The highest BCUT2D eigenvalue weighted by atomic mass is 16.4. The van der Waals surface area contributed by atoms with Crippen molar-refractivity contribution in [2.75, 3.05) is 0 Å². The lowest BCUT2D eigenvalue weighted by molar-refractivity contribution is -0.131. The van der Waals surface area contributed by atoms with Gasteiger partial charge in [-0.3, -0.25) is 0 Å². The summed E-state index contributed by atoms with van der Waals surface area (Å²) >= 11 is 0. The molecule has 2 rings (SSSR count). The van der Waals surface area contributed by atoms with E-state index in [1.165, 1.54) is 6.08 Å². The molecule has 0 aromatic carbocycles. The number of aliphatic carboxylic acids is 1. The predicted octanol–water partition coefficient (Wildman–Crippen LogP) is 2.53. The van der Waals surface area contributed by atoms with Crippen molar-refractivity contribution >= 4 is 5.97 Å². The molecule has 0 aliphatic heterocycles. The van der Waals surface area contributed by atoms with Gasteiger partial charge in [0.15, 0.2) is 0 Å². The van der Waals surface area contributed by atoms with E-state index in [1.54, 1.807) is 12.2 Å². The van der Waals surface area contributed by atoms with Crippen molar-refractivity contribution in [1.29, 1.82) is 0 Å². The zero-order valence-electron chi connectivity index (χ0n) is 13.4. The van der Waals surface area contributed by atoms with Crippen LogP contribution in [-0.2, 0) is 4.79 Å². The number of rotatable bonds is 3. The number of carbonyl (C=O) groups is 1. The summed E-state index contributed by atoms with van der Waals surface area (Å²) in [5.41, 5.74) is -1.71. The van der Waals surface area contributed by atoms with Gasteiger partial charge in [-0.25, -0.2) is 4.79 Å². The summed E-state index contributed by atoms with van der Waals surface area (Å²) in [6.07, 6.45) is 11.2. The molecule has 2 aliphatic carbocycles. The summed E-state index contributed by atoms with van der Waals surface area (Å²) in [6, 6.07) is 0. The summed E-state index contributed by atoms with van der Waals surface area (Å²) in [4.78, 5) is 10.5. The SMILES string of the molecule is C[C@@H]1C[C@@](C)(O)C[C@@H]2C=C[C@H](C)[C@](O)(C=CC=CC(=O)O)[C@@H]12. The standard InChI is InChI=1S/C18H26O4/c1-12-10-17(3,21)11-14-8-7-13(2)18(22,16(12)14)9-5-4-6-15(19)20/h4-9,12-14,16,21-22H,10-11H2,1-3H3,(H,19,20)/t12-,13+,14+,16+,17-,18-/m1/s1. The van der Waals surface area contributed by atoms with E-state index < -0.39 is 17.2 Å². The van der Waals surface area contributed by atoms with Crippen LogP contribution in [0.4, 0.5) is 0 Å². The fraction of sp³-hybridized carbons (Fsp3) is 0.611. The Morgan fingerprint density at radius 2 is 1.86 bits per heavy atom. The van der Waals surface area contributed by atoms with Gasteiger partial charge in [0.05, 0.1) is 11.2 Å². The molecule has 0 aromatic rings. The molecule has 0 spiro atoms. The van der Waals surface area contributed by atoms with Crippen LogP contribution < -0.4 is 0 Å². The van der Waals surface area contributed by atoms with Crippen LogP contribution in [0, 0.1) is 23.7 Å². The molecule has 4 heteroatoms. The first-order valence-electron chi connectivity index (χ1n) is 7.87. The van der Waals surface area contributed by atoms with E-state index in [1.807, 2.05) is 19.9 Å². The number of allylic oxidation sites excluding steroid dienone is 3. The summed E-state index contributed by atoms with van der Waals surface area (Å²) in [5, 5.41) is 30.3. The quantitative estimate of drug-likeness (QED) is 0.425. The van der Waals surface area contributed by atoms with Crippen LogP contribution in [0.5, 0.6) is 0 Å². The highest BCUT2D eigenvalue weighted by Gasteiger charge is 2.52. The van der Waals surface area contributed by atoms with Crippen LogP contribution >= 0.6 is 0 Å². The number of hydrogen-bond acceptors (Lipinski definition) is 3. The molecule has 0 amide bonds. The molecule has 0 aromatic heterocycles. The molecule has 3 N–H and O–H groups in total. The Kier molecular flexibility index (Phi) is 4.64. The maximum atomic E-state index is 11.2. The minimum absolute atomic E-state index is 0.0298. The third-order valence-corrected chi connectivity index (χ3v) is 5.13. The molecule has 0 radical (unpaired) electrons. The molecular weight excluding hydrogens is 280 g/mol. The van der Waals surface area contributed by atoms with Gasteiger partial charge >= 0.3 is 5.97 Å². The third-order valence-electron chi connectivity index (χ3n) is 5.13. The molecule has 122 valence electrons. The monoisotopic (exact) mass is 306 g/mol. The van der Waals surface area contributed by atoms with Gasteiger partial charge in [-0.15, -0.1) is 0 Å². The average Bonchev–Trinajstić information content (AvgIpc) is 2.37. The molecule has 1 saturated carbocycles. The summed E-state index contributed by atoms with van der Waals surface area (Å²) in [6.45, 7) is 5.90. The number of fused-ring (bicyclic) bond motifs is 1. The van der Waals surface area contributed by atoms with Crippen molar-refractivity contribution in [2.24, 2.45) is 23.7 Å². The number of carboxylic acid groups (broad SMARTS) is 1. The van der Waals surface area contributed by atoms with Crippen LogP contribution in [0.15, 0.2) is 36.5 Å². The summed E-state index contributed by atoms with van der Waals surface area (Å²) in [5.74, 6) is -0.712. The largest absolute Gasteiger partial charge is 0.478 e. The topological polar surface area (TPSA) is 77.8 Å². The Hall–Kier alpha value is -1.39. The lowest BCUT2D eigenvalue weighted by Gasteiger charge is -2.52. The fourth-order valence-electron chi connectivity index (χ4n) is 4.32. The molecule has 6 atom stereocenters. The highest BCUT2D eigenvalue weighted by molar-refractivity contribution is 5.80. The Morgan fingerprint density at radius 1 is 1.18 bits per heavy atom. The van der Waals surface area contributed by atoms with Gasteiger partial charge in [0.1, 0.15) is 0 Å². The van der Waals surface area contributed by atoms with E-state index in [2.05, 4.69) is 13.0 Å². The van der Waals surface area contributed by atoms with Crippen LogP contribution in [0.2, 0.25) is 0 Å². The first kappa shape index (κ1) is 17.0. The maximum Gasteiger partial charge on any atom is 0.328 e. The van der Waals surface area contributed by atoms with Crippen molar-refractivity contribution in [1.82, 2.24) is 0 Å². The van der Waals surface area contributed by atoms with E-state index in [-0.39, 0.29) is 23.7 Å². The van der Waals surface area contributed by atoms with Crippen molar-refractivity contribution in [3.05, 3.63) is 36.5 Å². The molecule has 0 unspecified atom stereocenters. The van der Waals surface area contributed by atoms with Gasteiger partial charge in [-0.05, 0) is 31.6 Å². The molecule has 0 saturated heterocycles. The first-order chi connectivity index (χ1) is 10.2. The fourth-order valence-corrected chi connectivity index (χ4v) is 4.32. The lowest BCUT2D eigenvalue weighted by Crippen LogP contribution is -2.55. The van der Waals surface area contributed by atoms with Gasteiger partial charge in [-0.2, -0.15) is 0 Å². The van der Waals surface area contributed by atoms with Crippen LogP contribution in [-0.4, -0.2) is 32.5 Å². The van der Waals surface area contributed by atoms with Gasteiger partial charge < -0.3 is 15.3 Å². The minimum atomic E-state index is -1.02. The number of hydrogen-bond donors (Lipinski definition) is 3. The normalized spacial score (nSPS) is 45.3. The third kappa shape index (κ3) is 3.33. The number of carboxylic acids is 1. The van der Waals surface area contributed by atoms with E-state index in [0.29, 0.717) is 12.8 Å². The van der Waals surface area contributed by atoms with Gasteiger partial charge in [-0.1, -0.05) is 44.2 Å². The molecule has 0 heterocycles. The summed E-state index contributed by atoms with van der Waals surface area (Å²) in [7, 11) is 0. The molecule has 4 nitrogen and oxygen atoms in total. The zero-order chi connectivity index (χ0) is 16.5. The van der Waals surface area contributed by atoms with Gasteiger partial charge in [0.25, 0.3) is 0 Å². The zero-order valence-corrected chi connectivity index (χ0v) is 13.4. The Balaban J connectivity index is 2.29. The molecule has 22 heavy (non-hydrogen) atoms. The van der Waals surface area contributed by atoms with E-state index in [9.17, 15) is 15.0 Å². The smallest absolute Gasteiger partial charge is 0.328 e. The van der Waals surface area contributed by atoms with E-state index in [4.69, 9.17) is 5.11 Å². The van der Waals surface area contributed by atoms with E-state index >= 15 is 0 Å². The van der Waals surface area contributed by atoms with Crippen LogP contribution in [0.3, 0.4) is 0 Å². The second-order valence-corrected chi connectivity index (χ2v) is 7.19. The van der Waals surface area contributed by atoms with Crippen molar-refractivity contribution in [3.63, 3.8) is 0 Å². The Labute approximate surface area is 131 Å². The van der Waals surface area contributed by atoms with E-state index in [0.717, 1.165) is 6.08 Å². The molecule has 0 bridgehead atoms. The lowest BCUT2D eigenvalue weighted by atomic mass is 9.56. The van der Waals surface area contributed by atoms with Crippen molar-refractivity contribution in [2.45, 2.75) is 44.8 Å².